The zero-order valence-corrected chi connectivity index (χ0v) is 9.04. The van der Waals surface area contributed by atoms with Gasteiger partial charge in [0.25, 0.3) is 0 Å². The van der Waals surface area contributed by atoms with Crippen LogP contribution in [0.15, 0.2) is 0 Å². The minimum Gasteiger partial charge on any atom is -0.0619 e. The summed E-state index contributed by atoms with van der Waals surface area (Å²) in [5, 5.41) is 0. The molecule has 0 aromatic rings. The lowest BCUT2D eigenvalue weighted by Crippen LogP contribution is -2.10. The first kappa shape index (κ1) is 10.4. The summed E-state index contributed by atoms with van der Waals surface area (Å²) in [6.45, 7) is 11.9. The van der Waals surface area contributed by atoms with E-state index in [1.807, 2.05) is 0 Å². The van der Waals surface area contributed by atoms with Crippen LogP contribution in [0.25, 0.3) is 0 Å². The van der Waals surface area contributed by atoms with Crippen molar-refractivity contribution in [3.63, 3.8) is 0 Å². The minimum atomic E-state index is -0.522. The van der Waals surface area contributed by atoms with Crippen molar-refractivity contribution in [1.82, 2.24) is 0 Å². The molecule has 0 aliphatic rings. The molecule has 1 atom stereocenters. The molecule has 1 heteroatoms. The number of hydrogen-bond donors (Lipinski definition) is 0. The third-order valence-electron chi connectivity index (χ3n) is 2.70. The van der Waals surface area contributed by atoms with Gasteiger partial charge in [-0.15, -0.1) is 0 Å². The van der Waals surface area contributed by atoms with E-state index < -0.39 is 7.26 Å². The second kappa shape index (κ2) is 4.34. The molecule has 10 heavy (non-hydrogen) atoms. The average molecular weight is 161 g/mol. The molecule has 1 unspecified atom stereocenters. The fourth-order valence-corrected chi connectivity index (χ4v) is 3.88. The smallest absolute Gasteiger partial charge is 0.0619 e. The van der Waals surface area contributed by atoms with Crippen LogP contribution in [-0.4, -0.2) is 24.6 Å². The van der Waals surface area contributed by atoms with Crippen LogP contribution in [0.2, 0.25) is 0 Å². The summed E-state index contributed by atoms with van der Waals surface area (Å²) >= 11 is 0. The van der Waals surface area contributed by atoms with E-state index in [1.54, 1.807) is 0 Å². The maximum absolute atomic E-state index is 2.52. The molecule has 0 nitrogen and oxygen atoms in total. The Labute approximate surface area is 66.7 Å². The van der Waals surface area contributed by atoms with Crippen molar-refractivity contribution in [3.8, 4) is 0 Å². The van der Waals surface area contributed by atoms with Gasteiger partial charge in [-0.1, -0.05) is 6.92 Å². The van der Waals surface area contributed by atoms with Crippen LogP contribution < -0.4 is 0 Å². The molecule has 0 bridgehead atoms. The molecule has 0 aromatic heterocycles. The predicted molar refractivity (Wildman–Crippen MR) is 53.7 cm³/mol. The Kier molecular flexibility index (Phi) is 4.52. The second-order valence-electron chi connectivity index (χ2n) is 3.61. The summed E-state index contributed by atoms with van der Waals surface area (Å²) in [4.78, 5) is 0. The quantitative estimate of drug-likeness (QED) is 0.554. The highest BCUT2D eigenvalue weighted by Gasteiger charge is 2.31. The minimum absolute atomic E-state index is 0.522. The topological polar surface area (TPSA) is 0 Å². The van der Waals surface area contributed by atoms with Gasteiger partial charge in [-0.3, -0.25) is 0 Å². The van der Waals surface area contributed by atoms with Gasteiger partial charge in [0.05, 0.1) is 18.0 Å². The van der Waals surface area contributed by atoms with Crippen LogP contribution in [-0.2, 0) is 0 Å². The lowest BCUT2D eigenvalue weighted by Gasteiger charge is -2.25. The van der Waals surface area contributed by atoms with Crippen LogP contribution in [0.5, 0.6) is 0 Å². The van der Waals surface area contributed by atoms with Crippen molar-refractivity contribution >= 4 is 7.26 Å². The lowest BCUT2D eigenvalue weighted by atomic mass is 10.6. The highest BCUT2D eigenvalue weighted by Crippen LogP contribution is 2.59. The molecule has 0 amide bonds. The SMILES string of the molecule is CCC[P+](C)(CC)C(C)C. The lowest BCUT2D eigenvalue weighted by molar-refractivity contribution is 1.01. The van der Waals surface area contributed by atoms with Crippen LogP contribution >= 0.6 is 7.26 Å². The van der Waals surface area contributed by atoms with E-state index in [2.05, 4.69) is 34.4 Å². The maximum atomic E-state index is 2.52. The first-order chi connectivity index (χ1) is 4.56. The Balaban J connectivity index is 3.94. The highest BCUT2D eigenvalue weighted by atomic mass is 31.2. The maximum Gasteiger partial charge on any atom is 0.0638 e. The van der Waals surface area contributed by atoms with Crippen molar-refractivity contribution < 1.29 is 0 Å². The van der Waals surface area contributed by atoms with E-state index in [9.17, 15) is 0 Å². The van der Waals surface area contributed by atoms with Gasteiger partial charge < -0.3 is 0 Å². The Morgan fingerprint density at radius 3 is 1.80 bits per heavy atom. The third kappa shape index (κ3) is 2.58. The van der Waals surface area contributed by atoms with E-state index in [1.165, 1.54) is 18.7 Å². The van der Waals surface area contributed by atoms with Gasteiger partial charge in [0.15, 0.2) is 0 Å². The molecule has 62 valence electrons. The van der Waals surface area contributed by atoms with Crippen LogP contribution in [0, 0.1) is 0 Å². The Morgan fingerprint density at radius 2 is 1.70 bits per heavy atom. The van der Waals surface area contributed by atoms with Crippen molar-refractivity contribution in [3.05, 3.63) is 0 Å². The first-order valence-electron chi connectivity index (χ1n) is 4.41. The van der Waals surface area contributed by atoms with Gasteiger partial charge in [0, 0.05) is 13.9 Å². The van der Waals surface area contributed by atoms with Gasteiger partial charge in [-0.25, -0.2) is 0 Å². The summed E-state index contributed by atoms with van der Waals surface area (Å²) in [5.74, 6) is 0. The van der Waals surface area contributed by atoms with Gasteiger partial charge in [0.2, 0.25) is 0 Å². The fourth-order valence-electron chi connectivity index (χ4n) is 1.29. The summed E-state index contributed by atoms with van der Waals surface area (Å²) in [5.41, 5.74) is 0.942. The van der Waals surface area contributed by atoms with Crippen LogP contribution in [0.4, 0.5) is 0 Å². The molecule has 0 saturated carbocycles. The summed E-state index contributed by atoms with van der Waals surface area (Å²) < 4.78 is 0. The molecule has 0 aliphatic carbocycles. The normalized spacial score (nSPS) is 17.4. The first-order valence-corrected chi connectivity index (χ1v) is 7.08. The monoisotopic (exact) mass is 161 g/mol. The summed E-state index contributed by atoms with van der Waals surface area (Å²) in [6.07, 6.45) is 4.29. The van der Waals surface area contributed by atoms with Gasteiger partial charge >= 0.3 is 0 Å². The van der Waals surface area contributed by atoms with Gasteiger partial charge in [-0.2, -0.15) is 0 Å². The summed E-state index contributed by atoms with van der Waals surface area (Å²) in [7, 11) is -0.522. The number of rotatable bonds is 4. The standard InChI is InChI=1S/C9H22P/c1-6-8-10(5,7-2)9(3)4/h9H,6-8H2,1-5H3/q+1. The Bertz CT molecular complexity index is 88.7. The van der Waals surface area contributed by atoms with E-state index in [-0.39, 0.29) is 0 Å². The predicted octanol–water partition coefficient (Wildman–Crippen LogP) is 3.47. The molecule has 0 radical (unpaired) electrons. The van der Waals surface area contributed by atoms with Crippen molar-refractivity contribution in [2.24, 2.45) is 0 Å². The van der Waals surface area contributed by atoms with E-state index in [0.717, 1.165) is 5.66 Å². The zero-order valence-electron chi connectivity index (χ0n) is 8.15. The van der Waals surface area contributed by atoms with Gasteiger partial charge in [-0.05, 0) is 27.2 Å². The molecule has 0 spiro atoms. The Hall–Kier alpha value is 0.430. The molecular formula is C9H22P+. The average Bonchev–Trinajstić information content (AvgIpc) is 1.88. The third-order valence-corrected chi connectivity index (χ3v) is 8.11. The van der Waals surface area contributed by atoms with E-state index >= 15 is 0 Å². The van der Waals surface area contributed by atoms with E-state index in [0.29, 0.717) is 0 Å². The number of hydrogen-bond acceptors (Lipinski definition) is 0. The van der Waals surface area contributed by atoms with Crippen molar-refractivity contribution in [2.75, 3.05) is 19.0 Å². The molecule has 0 saturated heterocycles. The fraction of sp³-hybridized carbons (Fsp3) is 1.00. The van der Waals surface area contributed by atoms with Crippen LogP contribution in [0.3, 0.4) is 0 Å². The Morgan fingerprint density at radius 1 is 1.20 bits per heavy atom. The largest absolute Gasteiger partial charge is 0.0638 e. The van der Waals surface area contributed by atoms with Crippen molar-refractivity contribution in [1.29, 1.82) is 0 Å². The van der Waals surface area contributed by atoms with E-state index in [4.69, 9.17) is 0 Å². The van der Waals surface area contributed by atoms with Crippen molar-refractivity contribution in [2.45, 2.75) is 39.8 Å². The highest BCUT2D eigenvalue weighted by molar-refractivity contribution is 7.75. The molecule has 0 fully saturated rings. The molecule has 0 rings (SSSR count). The molecule has 0 aliphatic heterocycles. The molecule has 0 N–H and O–H groups in total. The second-order valence-corrected chi connectivity index (χ2v) is 8.68. The molecular weight excluding hydrogens is 139 g/mol. The molecule has 0 heterocycles. The van der Waals surface area contributed by atoms with Gasteiger partial charge in [0.1, 0.15) is 0 Å². The summed E-state index contributed by atoms with van der Waals surface area (Å²) in [6, 6.07) is 0. The van der Waals surface area contributed by atoms with Crippen LogP contribution in [0.1, 0.15) is 34.1 Å². The zero-order chi connectivity index (χ0) is 8.20. The molecule has 0 aromatic carbocycles.